The van der Waals surface area contributed by atoms with Crippen LogP contribution in [0.1, 0.15) is 39.7 Å². The van der Waals surface area contributed by atoms with Crippen LogP contribution in [-0.2, 0) is 0 Å². The Morgan fingerprint density at radius 1 is 1.25 bits per heavy atom. The lowest BCUT2D eigenvalue weighted by atomic mass is 10.2. The van der Waals surface area contributed by atoms with Crippen molar-refractivity contribution in [1.29, 1.82) is 0 Å². The quantitative estimate of drug-likeness (QED) is 0.676. The van der Waals surface area contributed by atoms with Gasteiger partial charge in [-0.3, -0.25) is 9.78 Å². The van der Waals surface area contributed by atoms with Crippen molar-refractivity contribution in [3.05, 3.63) is 56.7 Å². The zero-order chi connectivity index (χ0) is 17.3. The van der Waals surface area contributed by atoms with Crippen molar-refractivity contribution >= 4 is 17.2 Å². The van der Waals surface area contributed by atoms with Gasteiger partial charge in [0.05, 0.1) is 16.6 Å². The Morgan fingerprint density at radius 2 is 1.96 bits per heavy atom. The minimum Gasteiger partial charge on any atom is -0.342 e. The third-order valence-electron chi connectivity index (χ3n) is 3.59. The summed E-state index contributed by atoms with van der Waals surface area (Å²) in [6, 6.07) is 7.93. The summed E-state index contributed by atoms with van der Waals surface area (Å²) in [6.07, 6.45) is 0. The molecule has 2 aromatic heterocycles. The van der Waals surface area contributed by atoms with E-state index in [1.54, 1.807) is 11.3 Å². The number of aromatic amines is 2. The Kier molecular flexibility index (Phi) is 4.30. The number of nitrogens with one attached hydrogen (secondary N) is 3. The zero-order valence-electron chi connectivity index (χ0n) is 13.5. The molecule has 3 N–H and O–H groups in total. The lowest BCUT2D eigenvalue weighted by molar-refractivity contribution is 0.0930. The molecular formula is C16H17N5O2S. The molecule has 7 nitrogen and oxygen atoms in total. The standard InChI is InChI=1S/C16H17N5O2S/c1-8-4-6-11(7-5-8)15-18-10(3)12(24-15)9(2)17-14(22)13-19-16(23)21-20-13/h4-7,9H,1-3H3,(H,17,22)(H2,19,20,21,23)/t9-/m0/s1. The van der Waals surface area contributed by atoms with Gasteiger partial charge in [-0.1, -0.05) is 29.8 Å². The molecule has 1 amide bonds. The first kappa shape index (κ1) is 16.1. The van der Waals surface area contributed by atoms with Crippen molar-refractivity contribution in [3.63, 3.8) is 0 Å². The van der Waals surface area contributed by atoms with Gasteiger partial charge in [0, 0.05) is 5.56 Å². The van der Waals surface area contributed by atoms with Crippen LogP contribution in [0, 0.1) is 13.8 Å². The maximum Gasteiger partial charge on any atom is 0.341 e. The van der Waals surface area contributed by atoms with Gasteiger partial charge < -0.3 is 5.32 Å². The Balaban J connectivity index is 1.80. The molecule has 0 aliphatic carbocycles. The van der Waals surface area contributed by atoms with Crippen LogP contribution in [0.4, 0.5) is 0 Å². The van der Waals surface area contributed by atoms with Gasteiger partial charge in [-0.25, -0.2) is 14.9 Å². The van der Waals surface area contributed by atoms with E-state index < -0.39 is 11.6 Å². The first-order valence-electron chi connectivity index (χ1n) is 7.44. The number of amides is 1. The maximum atomic E-state index is 12.1. The van der Waals surface area contributed by atoms with Crippen LogP contribution >= 0.6 is 11.3 Å². The van der Waals surface area contributed by atoms with E-state index in [4.69, 9.17) is 0 Å². The minimum absolute atomic E-state index is 0.0345. The summed E-state index contributed by atoms with van der Waals surface area (Å²) in [5.41, 5.74) is 2.61. The molecule has 1 aromatic carbocycles. The molecule has 2 heterocycles. The lowest BCUT2D eigenvalue weighted by Gasteiger charge is -2.11. The highest BCUT2D eigenvalue weighted by Gasteiger charge is 2.19. The van der Waals surface area contributed by atoms with E-state index in [0.29, 0.717) is 0 Å². The Bertz CT molecular complexity index is 923. The van der Waals surface area contributed by atoms with Crippen LogP contribution in [0.15, 0.2) is 29.1 Å². The van der Waals surface area contributed by atoms with Gasteiger partial charge in [-0.05, 0) is 20.8 Å². The summed E-state index contributed by atoms with van der Waals surface area (Å²) in [4.78, 5) is 31.0. The van der Waals surface area contributed by atoms with E-state index in [2.05, 4.69) is 25.5 Å². The van der Waals surface area contributed by atoms with Gasteiger partial charge in [0.15, 0.2) is 0 Å². The number of thiazole rings is 1. The van der Waals surface area contributed by atoms with Crippen LogP contribution in [0.5, 0.6) is 0 Å². The highest BCUT2D eigenvalue weighted by Crippen LogP contribution is 2.31. The first-order valence-corrected chi connectivity index (χ1v) is 8.25. The van der Waals surface area contributed by atoms with E-state index >= 15 is 0 Å². The summed E-state index contributed by atoms with van der Waals surface area (Å²) in [5, 5.41) is 9.53. The fraction of sp³-hybridized carbons (Fsp3) is 0.250. The number of aryl methyl sites for hydroxylation is 2. The molecule has 0 aliphatic heterocycles. The lowest BCUT2D eigenvalue weighted by Crippen LogP contribution is -2.27. The highest BCUT2D eigenvalue weighted by molar-refractivity contribution is 7.15. The second-order valence-electron chi connectivity index (χ2n) is 5.56. The van der Waals surface area contributed by atoms with E-state index in [1.807, 2.05) is 45.0 Å². The molecule has 0 saturated heterocycles. The van der Waals surface area contributed by atoms with Crippen LogP contribution < -0.4 is 11.0 Å². The fourth-order valence-corrected chi connectivity index (χ4v) is 3.41. The fourth-order valence-electron chi connectivity index (χ4n) is 2.34. The van der Waals surface area contributed by atoms with E-state index in [9.17, 15) is 9.59 Å². The SMILES string of the molecule is Cc1ccc(-c2nc(C)c([C@H](C)NC(=O)c3n[nH]c(=O)[nH]3)s2)cc1. The molecule has 0 saturated carbocycles. The average Bonchev–Trinajstić information content (AvgIpc) is 3.14. The van der Waals surface area contributed by atoms with E-state index in [1.165, 1.54) is 5.56 Å². The molecule has 8 heteroatoms. The molecule has 24 heavy (non-hydrogen) atoms. The van der Waals surface area contributed by atoms with Crippen LogP contribution in [0.2, 0.25) is 0 Å². The Hall–Kier alpha value is -2.74. The third kappa shape index (κ3) is 3.28. The summed E-state index contributed by atoms with van der Waals surface area (Å²) in [5.74, 6) is -0.474. The molecule has 0 radical (unpaired) electrons. The molecule has 0 unspecified atom stereocenters. The van der Waals surface area contributed by atoms with Crippen molar-refractivity contribution in [2.75, 3.05) is 0 Å². The number of carbonyl (C=O) groups is 1. The van der Waals surface area contributed by atoms with Gasteiger partial charge in [0.2, 0.25) is 5.82 Å². The van der Waals surface area contributed by atoms with Crippen molar-refractivity contribution in [2.45, 2.75) is 26.8 Å². The van der Waals surface area contributed by atoms with Crippen LogP contribution in [0.3, 0.4) is 0 Å². The number of H-pyrrole nitrogens is 2. The number of hydrogen-bond acceptors (Lipinski definition) is 5. The highest BCUT2D eigenvalue weighted by atomic mass is 32.1. The monoisotopic (exact) mass is 343 g/mol. The second-order valence-corrected chi connectivity index (χ2v) is 6.59. The minimum atomic E-state index is -0.511. The zero-order valence-corrected chi connectivity index (χ0v) is 14.3. The van der Waals surface area contributed by atoms with E-state index in [0.717, 1.165) is 21.1 Å². The summed E-state index contributed by atoms with van der Waals surface area (Å²) >= 11 is 1.54. The normalized spacial score (nSPS) is 12.1. The van der Waals surface area contributed by atoms with Crippen molar-refractivity contribution < 1.29 is 4.79 Å². The molecule has 3 aromatic rings. The predicted octanol–water partition coefficient (Wildman–Crippen LogP) is 2.33. The summed E-state index contributed by atoms with van der Waals surface area (Å²) < 4.78 is 0. The predicted molar refractivity (Wildman–Crippen MR) is 92.1 cm³/mol. The summed E-state index contributed by atoms with van der Waals surface area (Å²) in [6.45, 7) is 5.84. The molecule has 0 fully saturated rings. The maximum absolute atomic E-state index is 12.1. The number of hydrogen-bond donors (Lipinski definition) is 3. The number of aromatic nitrogens is 4. The number of carbonyl (C=O) groups excluding carboxylic acids is 1. The van der Waals surface area contributed by atoms with Gasteiger partial charge in [-0.2, -0.15) is 0 Å². The molecular weight excluding hydrogens is 326 g/mol. The van der Waals surface area contributed by atoms with Gasteiger partial charge >= 0.3 is 5.69 Å². The molecule has 124 valence electrons. The van der Waals surface area contributed by atoms with Crippen molar-refractivity contribution in [1.82, 2.24) is 25.5 Å². The Morgan fingerprint density at radius 3 is 2.58 bits per heavy atom. The average molecular weight is 343 g/mol. The number of benzene rings is 1. The molecule has 0 aliphatic rings. The number of rotatable bonds is 4. The second kappa shape index (κ2) is 6.40. The van der Waals surface area contributed by atoms with Gasteiger partial charge in [0.25, 0.3) is 5.91 Å². The van der Waals surface area contributed by atoms with Crippen molar-refractivity contribution in [2.24, 2.45) is 0 Å². The molecule has 1 atom stereocenters. The van der Waals surface area contributed by atoms with E-state index in [-0.39, 0.29) is 11.9 Å². The smallest absolute Gasteiger partial charge is 0.341 e. The van der Waals surface area contributed by atoms with Crippen molar-refractivity contribution in [3.8, 4) is 10.6 Å². The van der Waals surface area contributed by atoms with Crippen LogP contribution in [-0.4, -0.2) is 26.1 Å². The first-order chi connectivity index (χ1) is 11.4. The molecule has 0 spiro atoms. The molecule has 3 rings (SSSR count). The van der Waals surface area contributed by atoms with Crippen LogP contribution in [0.25, 0.3) is 10.6 Å². The topological polar surface area (TPSA) is 104 Å². The third-order valence-corrected chi connectivity index (χ3v) is 4.98. The summed E-state index contributed by atoms with van der Waals surface area (Å²) in [7, 11) is 0. The Labute approximate surface area is 142 Å². The number of nitrogens with zero attached hydrogens (tertiary/aromatic N) is 2. The van der Waals surface area contributed by atoms with Gasteiger partial charge in [-0.15, -0.1) is 16.4 Å². The van der Waals surface area contributed by atoms with Gasteiger partial charge in [0.1, 0.15) is 5.01 Å². The molecule has 0 bridgehead atoms. The largest absolute Gasteiger partial charge is 0.342 e.